The van der Waals surface area contributed by atoms with Gasteiger partial charge >= 0.3 is 5.97 Å². The average molecular weight is 280 g/mol. The number of carbonyl (C=O) groups excluding carboxylic acids is 2. The molecule has 0 unspecified atom stereocenters. The van der Waals surface area contributed by atoms with Crippen LogP contribution in [0.15, 0.2) is 54.6 Å². The fourth-order valence-corrected chi connectivity index (χ4v) is 2.08. The van der Waals surface area contributed by atoms with Crippen LogP contribution in [0.5, 0.6) is 0 Å². The monoisotopic (exact) mass is 280 g/mol. The first kappa shape index (κ1) is 14.7. The highest BCUT2D eigenvalue weighted by Gasteiger charge is 2.07. The van der Waals surface area contributed by atoms with Crippen LogP contribution in [0.3, 0.4) is 0 Å². The molecule has 0 bridgehead atoms. The molecule has 2 aromatic carbocycles. The van der Waals surface area contributed by atoms with Crippen molar-refractivity contribution in [3.63, 3.8) is 0 Å². The zero-order valence-corrected chi connectivity index (χ0v) is 11.8. The van der Waals surface area contributed by atoms with E-state index in [4.69, 9.17) is 4.74 Å². The zero-order chi connectivity index (χ0) is 15.1. The van der Waals surface area contributed by atoms with E-state index in [0.717, 1.165) is 23.0 Å². The van der Waals surface area contributed by atoms with Crippen molar-refractivity contribution in [3.8, 4) is 11.1 Å². The molecule has 0 fully saturated rings. The fraction of sp³-hybridized carbons (Fsp3) is 0.111. The molecule has 0 radical (unpaired) electrons. The molecule has 2 aromatic rings. The summed E-state index contributed by atoms with van der Waals surface area (Å²) >= 11 is 0. The minimum Gasteiger partial charge on any atom is -0.463 e. The summed E-state index contributed by atoms with van der Waals surface area (Å²) in [5.74, 6) is -0.379. The van der Waals surface area contributed by atoms with Gasteiger partial charge in [0.15, 0.2) is 6.29 Å². The summed E-state index contributed by atoms with van der Waals surface area (Å²) in [4.78, 5) is 22.6. The number of hydrogen-bond acceptors (Lipinski definition) is 3. The molecule has 0 amide bonds. The summed E-state index contributed by atoms with van der Waals surface area (Å²) in [5.41, 5.74) is 3.23. The van der Waals surface area contributed by atoms with Gasteiger partial charge in [-0.05, 0) is 29.7 Å². The van der Waals surface area contributed by atoms with Crippen molar-refractivity contribution in [3.05, 3.63) is 65.7 Å². The van der Waals surface area contributed by atoms with Gasteiger partial charge < -0.3 is 4.74 Å². The van der Waals surface area contributed by atoms with Crippen LogP contribution < -0.4 is 0 Å². The number of rotatable bonds is 5. The molecule has 0 heterocycles. The smallest absolute Gasteiger partial charge is 0.330 e. The Labute approximate surface area is 123 Å². The number of aldehydes is 1. The van der Waals surface area contributed by atoms with Gasteiger partial charge in [0.1, 0.15) is 0 Å². The Bertz CT molecular complexity index is 672. The number of carbonyl (C=O) groups is 2. The Balaban J connectivity index is 2.42. The van der Waals surface area contributed by atoms with Gasteiger partial charge in [-0.25, -0.2) is 4.79 Å². The number of benzene rings is 2. The van der Waals surface area contributed by atoms with E-state index < -0.39 is 0 Å². The normalized spacial score (nSPS) is 10.5. The van der Waals surface area contributed by atoms with E-state index in [0.29, 0.717) is 12.2 Å². The first-order chi connectivity index (χ1) is 10.3. The standard InChI is InChI=1S/C18H16O3/c1-2-21-18(20)12-11-14-7-3-5-9-16(14)17-10-6-4-8-15(17)13-19/h3-13H,2H2,1H3/b12-11+. The van der Waals surface area contributed by atoms with Crippen molar-refractivity contribution in [2.24, 2.45) is 0 Å². The van der Waals surface area contributed by atoms with Gasteiger partial charge in [0.2, 0.25) is 0 Å². The molecule has 0 spiro atoms. The first-order valence-electron chi connectivity index (χ1n) is 6.74. The molecule has 3 nitrogen and oxygen atoms in total. The van der Waals surface area contributed by atoms with Crippen LogP contribution in [0.1, 0.15) is 22.8 Å². The molecule has 0 aliphatic heterocycles. The molecular formula is C18H16O3. The molecular weight excluding hydrogens is 264 g/mol. The van der Waals surface area contributed by atoms with Gasteiger partial charge in [0, 0.05) is 11.6 Å². The summed E-state index contributed by atoms with van der Waals surface area (Å²) in [6.07, 6.45) is 3.93. The van der Waals surface area contributed by atoms with Crippen molar-refractivity contribution in [1.82, 2.24) is 0 Å². The SMILES string of the molecule is CCOC(=O)/C=C/c1ccccc1-c1ccccc1C=O. The predicted molar refractivity (Wildman–Crippen MR) is 82.9 cm³/mol. The third-order valence-electron chi connectivity index (χ3n) is 3.02. The van der Waals surface area contributed by atoms with E-state index in [2.05, 4.69) is 0 Å². The molecule has 2 rings (SSSR count). The van der Waals surface area contributed by atoms with E-state index in [-0.39, 0.29) is 5.97 Å². The summed E-state index contributed by atoms with van der Waals surface area (Å²) in [5, 5.41) is 0. The quantitative estimate of drug-likeness (QED) is 0.476. The molecule has 3 heteroatoms. The second-order valence-electron chi connectivity index (χ2n) is 4.38. The largest absolute Gasteiger partial charge is 0.463 e. The van der Waals surface area contributed by atoms with E-state index in [1.54, 1.807) is 19.1 Å². The lowest BCUT2D eigenvalue weighted by Gasteiger charge is -2.08. The van der Waals surface area contributed by atoms with Crippen molar-refractivity contribution in [1.29, 1.82) is 0 Å². The maximum atomic E-state index is 11.4. The van der Waals surface area contributed by atoms with Gasteiger partial charge in [-0.3, -0.25) is 4.79 Å². The molecule has 0 aliphatic rings. The number of esters is 1. The van der Waals surface area contributed by atoms with Gasteiger partial charge in [-0.2, -0.15) is 0 Å². The molecule has 0 saturated heterocycles. The van der Waals surface area contributed by atoms with Gasteiger partial charge in [-0.1, -0.05) is 48.5 Å². The Morgan fingerprint density at radius 3 is 2.19 bits per heavy atom. The highest BCUT2D eigenvalue weighted by molar-refractivity contribution is 5.92. The summed E-state index contributed by atoms with van der Waals surface area (Å²) in [6.45, 7) is 2.11. The molecule has 21 heavy (non-hydrogen) atoms. The topological polar surface area (TPSA) is 43.4 Å². The average Bonchev–Trinajstić information content (AvgIpc) is 2.53. The lowest BCUT2D eigenvalue weighted by atomic mass is 9.96. The third-order valence-corrected chi connectivity index (χ3v) is 3.02. The highest BCUT2D eigenvalue weighted by atomic mass is 16.5. The number of ether oxygens (including phenoxy) is 1. The Morgan fingerprint density at radius 2 is 1.57 bits per heavy atom. The molecule has 0 saturated carbocycles. The molecule has 106 valence electrons. The summed E-state index contributed by atoms with van der Waals surface area (Å²) in [6, 6.07) is 15.0. The van der Waals surface area contributed by atoms with Crippen LogP contribution in [-0.2, 0) is 9.53 Å². The molecule has 0 N–H and O–H groups in total. The van der Waals surface area contributed by atoms with Crippen molar-refractivity contribution < 1.29 is 14.3 Å². The summed E-state index contributed by atoms with van der Waals surface area (Å²) in [7, 11) is 0. The second kappa shape index (κ2) is 7.20. The van der Waals surface area contributed by atoms with Crippen molar-refractivity contribution >= 4 is 18.3 Å². The Kier molecular flexibility index (Phi) is 5.04. The lowest BCUT2D eigenvalue weighted by molar-refractivity contribution is -0.137. The van der Waals surface area contributed by atoms with E-state index in [1.807, 2.05) is 42.5 Å². The van der Waals surface area contributed by atoms with Gasteiger partial charge in [0.05, 0.1) is 6.61 Å². The Hall–Kier alpha value is -2.68. The van der Waals surface area contributed by atoms with Crippen LogP contribution in [0, 0.1) is 0 Å². The molecule has 0 aromatic heterocycles. The minimum atomic E-state index is -0.379. The fourth-order valence-electron chi connectivity index (χ4n) is 2.08. The van der Waals surface area contributed by atoms with Crippen LogP contribution in [0.2, 0.25) is 0 Å². The second-order valence-corrected chi connectivity index (χ2v) is 4.38. The van der Waals surface area contributed by atoms with Crippen molar-refractivity contribution in [2.75, 3.05) is 6.61 Å². The number of hydrogen-bond donors (Lipinski definition) is 0. The van der Waals surface area contributed by atoms with Crippen LogP contribution in [0.25, 0.3) is 17.2 Å². The van der Waals surface area contributed by atoms with Crippen molar-refractivity contribution in [2.45, 2.75) is 6.92 Å². The third kappa shape index (κ3) is 3.66. The first-order valence-corrected chi connectivity index (χ1v) is 6.74. The lowest BCUT2D eigenvalue weighted by Crippen LogP contribution is -1.98. The Morgan fingerprint density at radius 1 is 1.00 bits per heavy atom. The van der Waals surface area contributed by atoms with E-state index >= 15 is 0 Å². The van der Waals surface area contributed by atoms with E-state index in [9.17, 15) is 9.59 Å². The van der Waals surface area contributed by atoms with Gasteiger partial charge in [-0.15, -0.1) is 0 Å². The predicted octanol–water partition coefficient (Wildman–Crippen LogP) is 3.74. The van der Waals surface area contributed by atoms with Gasteiger partial charge in [0.25, 0.3) is 0 Å². The molecule has 0 aliphatic carbocycles. The van der Waals surface area contributed by atoms with Crippen LogP contribution >= 0.6 is 0 Å². The van der Waals surface area contributed by atoms with Crippen LogP contribution in [-0.4, -0.2) is 18.9 Å². The molecule has 0 atom stereocenters. The summed E-state index contributed by atoms with van der Waals surface area (Å²) < 4.78 is 4.87. The highest BCUT2D eigenvalue weighted by Crippen LogP contribution is 2.27. The maximum Gasteiger partial charge on any atom is 0.330 e. The van der Waals surface area contributed by atoms with E-state index in [1.165, 1.54) is 6.08 Å². The minimum absolute atomic E-state index is 0.346. The zero-order valence-electron chi connectivity index (χ0n) is 11.8. The van der Waals surface area contributed by atoms with Crippen LogP contribution in [0.4, 0.5) is 0 Å². The maximum absolute atomic E-state index is 11.4.